The van der Waals surface area contributed by atoms with Crippen LogP contribution < -0.4 is 20.8 Å². The summed E-state index contributed by atoms with van der Waals surface area (Å²) >= 11 is 6.03. The van der Waals surface area contributed by atoms with Crippen LogP contribution in [-0.4, -0.2) is 16.7 Å². The van der Waals surface area contributed by atoms with E-state index in [0.29, 0.717) is 4.57 Å². The van der Waals surface area contributed by atoms with Gasteiger partial charge in [0.25, 0.3) is 5.56 Å². The SMILES string of the molecule is Cc1c(OC(=O)C(F)(F)F)c(OCc2ccc(F)cc2CN)c(Cl)c(=O)n1-c1c(F)cccc1F. The minimum atomic E-state index is -5.47. The van der Waals surface area contributed by atoms with E-state index < -0.39 is 69.7 Å². The molecule has 1 heterocycles. The fourth-order valence-electron chi connectivity index (χ4n) is 3.16. The third-order valence-corrected chi connectivity index (χ3v) is 5.14. The lowest BCUT2D eigenvalue weighted by atomic mass is 10.1. The quantitative estimate of drug-likeness (QED) is 0.376. The molecule has 2 N–H and O–H groups in total. The Labute approximate surface area is 198 Å². The van der Waals surface area contributed by atoms with E-state index in [1.165, 1.54) is 6.07 Å². The molecule has 0 fully saturated rings. The third-order valence-electron chi connectivity index (χ3n) is 4.81. The maximum absolute atomic E-state index is 14.4. The summed E-state index contributed by atoms with van der Waals surface area (Å²) in [4.78, 5) is 24.5. The van der Waals surface area contributed by atoms with Gasteiger partial charge < -0.3 is 15.2 Å². The number of aromatic nitrogens is 1. The molecule has 0 saturated heterocycles. The standard InChI is InChI=1S/C22H15ClF6N2O4/c1-10-18(35-21(33)22(27,28)29)19(34-9-11-5-6-13(24)7-12(11)8-30)16(23)20(32)31(10)17-14(25)3-2-4-15(17)26/h2-7H,8-9,30H2,1H3. The van der Waals surface area contributed by atoms with Gasteiger partial charge in [-0.1, -0.05) is 23.7 Å². The maximum atomic E-state index is 14.4. The molecule has 2 aromatic carbocycles. The smallest absolute Gasteiger partial charge is 0.483 e. The number of para-hydroxylation sites is 1. The molecule has 0 spiro atoms. The molecule has 186 valence electrons. The maximum Gasteiger partial charge on any atom is 0.491 e. The average Bonchev–Trinajstić information content (AvgIpc) is 2.78. The van der Waals surface area contributed by atoms with E-state index in [1.54, 1.807) is 0 Å². The van der Waals surface area contributed by atoms with Crippen LogP contribution in [0.5, 0.6) is 11.5 Å². The zero-order valence-electron chi connectivity index (χ0n) is 17.7. The summed E-state index contributed by atoms with van der Waals surface area (Å²) in [5.41, 5.74) is 3.26. The molecular weight excluding hydrogens is 506 g/mol. The molecule has 3 rings (SSSR count). The van der Waals surface area contributed by atoms with E-state index >= 15 is 0 Å². The monoisotopic (exact) mass is 520 g/mol. The number of hydrogen-bond donors (Lipinski definition) is 1. The molecule has 35 heavy (non-hydrogen) atoms. The molecule has 6 nitrogen and oxygen atoms in total. The van der Waals surface area contributed by atoms with Gasteiger partial charge in [-0.25, -0.2) is 18.0 Å². The van der Waals surface area contributed by atoms with Crippen molar-refractivity contribution in [3.8, 4) is 17.2 Å². The van der Waals surface area contributed by atoms with Crippen molar-refractivity contribution in [3.63, 3.8) is 0 Å². The molecule has 0 radical (unpaired) electrons. The van der Waals surface area contributed by atoms with Gasteiger partial charge in [0.1, 0.15) is 29.7 Å². The number of hydrogen-bond acceptors (Lipinski definition) is 5. The van der Waals surface area contributed by atoms with Crippen LogP contribution in [0, 0.1) is 24.4 Å². The molecular formula is C22H15ClF6N2O4. The van der Waals surface area contributed by atoms with Crippen LogP contribution in [0.1, 0.15) is 16.8 Å². The number of halogens is 7. The summed E-state index contributed by atoms with van der Waals surface area (Å²) < 4.78 is 91.2. The van der Waals surface area contributed by atoms with Crippen molar-refractivity contribution in [2.24, 2.45) is 5.73 Å². The normalized spacial score (nSPS) is 11.5. The molecule has 0 aliphatic rings. The van der Waals surface area contributed by atoms with Gasteiger partial charge in [-0.15, -0.1) is 0 Å². The first kappa shape index (κ1) is 26.1. The average molecular weight is 521 g/mol. The van der Waals surface area contributed by atoms with E-state index in [2.05, 4.69) is 4.74 Å². The van der Waals surface area contributed by atoms with Crippen molar-refractivity contribution in [1.82, 2.24) is 4.57 Å². The summed E-state index contributed by atoms with van der Waals surface area (Å²) in [5.74, 6) is -7.61. The third kappa shape index (κ3) is 5.28. The summed E-state index contributed by atoms with van der Waals surface area (Å²) in [6, 6.07) is 6.02. The number of benzene rings is 2. The van der Waals surface area contributed by atoms with Crippen LogP contribution in [0.3, 0.4) is 0 Å². The van der Waals surface area contributed by atoms with E-state index in [4.69, 9.17) is 22.1 Å². The van der Waals surface area contributed by atoms with Crippen molar-refractivity contribution in [2.45, 2.75) is 26.3 Å². The number of ether oxygens (including phenoxy) is 2. The van der Waals surface area contributed by atoms with Crippen molar-refractivity contribution in [3.05, 3.63) is 86.0 Å². The minimum absolute atomic E-state index is 0.132. The predicted molar refractivity (Wildman–Crippen MR) is 112 cm³/mol. The van der Waals surface area contributed by atoms with E-state index in [0.717, 1.165) is 37.3 Å². The fraction of sp³-hybridized carbons (Fsp3) is 0.182. The lowest BCUT2D eigenvalue weighted by Crippen LogP contribution is -2.31. The topological polar surface area (TPSA) is 83.6 Å². The van der Waals surface area contributed by atoms with Gasteiger partial charge in [0.2, 0.25) is 0 Å². The Morgan fingerprint density at radius 3 is 2.26 bits per heavy atom. The Morgan fingerprint density at radius 2 is 1.69 bits per heavy atom. The summed E-state index contributed by atoms with van der Waals surface area (Å²) in [6.45, 7) is 0.353. The van der Waals surface area contributed by atoms with Gasteiger partial charge in [0, 0.05) is 6.54 Å². The van der Waals surface area contributed by atoms with Crippen LogP contribution in [0.25, 0.3) is 5.69 Å². The first-order chi connectivity index (χ1) is 16.4. The minimum Gasteiger partial charge on any atom is -0.483 e. The molecule has 3 aromatic rings. The Bertz CT molecular complexity index is 1340. The summed E-state index contributed by atoms with van der Waals surface area (Å²) in [7, 11) is 0. The lowest BCUT2D eigenvalue weighted by molar-refractivity contribution is -0.189. The number of nitrogens with two attached hydrogens (primary N) is 1. The Balaban J connectivity index is 2.21. The first-order valence-corrected chi connectivity index (χ1v) is 10.0. The number of esters is 1. The Hall–Kier alpha value is -3.51. The van der Waals surface area contributed by atoms with E-state index in [-0.39, 0.29) is 17.7 Å². The molecule has 0 aliphatic carbocycles. The highest BCUT2D eigenvalue weighted by Gasteiger charge is 2.43. The van der Waals surface area contributed by atoms with Crippen molar-refractivity contribution < 1.29 is 40.6 Å². The number of nitrogens with zero attached hydrogens (tertiary/aromatic N) is 1. The second-order valence-electron chi connectivity index (χ2n) is 7.06. The van der Waals surface area contributed by atoms with Gasteiger partial charge in [0.05, 0.1) is 5.69 Å². The fourth-order valence-corrected chi connectivity index (χ4v) is 3.38. The van der Waals surface area contributed by atoms with E-state index in [9.17, 15) is 35.9 Å². The molecule has 13 heteroatoms. The second kappa shape index (κ2) is 10.0. The molecule has 0 amide bonds. The van der Waals surface area contributed by atoms with Crippen LogP contribution >= 0.6 is 11.6 Å². The number of rotatable bonds is 6. The molecule has 0 bridgehead atoms. The van der Waals surface area contributed by atoms with Gasteiger partial charge in [-0.2, -0.15) is 13.2 Å². The molecule has 0 unspecified atom stereocenters. The molecule has 0 atom stereocenters. The predicted octanol–water partition coefficient (Wildman–Crippen LogP) is 4.72. The zero-order valence-corrected chi connectivity index (χ0v) is 18.4. The number of pyridine rings is 1. The molecule has 1 aromatic heterocycles. The number of carbonyl (C=O) groups excluding carboxylic acids is 1. The Morgan fingerprint density at radius 1 is 1.06 bits per heavy atom. The zero-order chi connectivity index (χ0) is 26.1. The highest BCUT2D eigenvalue weighted by atomic mass is 35.5. The highest BCUT2D eigenvalue weighted by molar-refractivity contribution is 6.32. The van der Waals surface area contributed by atoms with E-state index in [1.807, 2.05) is 0 Å². The highest BCUT2D eigenvalue weighted by Crippen LogP contribution is 2.39. The lowest BCUT2D eigenvalue weighted by Gasteiger charge is -2.20. The van der Waals surface area contributed by atoms with Crippen LogP contribution in [0.15, 0.2) is 41.2 Å². The number of carbonyl (C=O) groups is 1. The van der Waals surface area contributed by atoms with Crippen LogP contribution in [-0.2, 0) is 17.9 Å². The molecule has 0 aliphatic heterocycles. The number of alkyl halides is 3. The first-order valence-electron chi connectivity index (χ1n) is 9.65. The summed E-state index contributed by atoms with van der Waals surface area (Å²) in [5, 5.41) is -0.931. The van der Waals surface area contributed by atoms with Gasteiger partial charge >= 0.3 is 12.1 Å². The van der Waals surface area contributed by atoms with Crippen molar-refractivity contribution in [2.75, 3.05) is 0 Å². The summed E-state index contributed by atoms with van der Waals surface area (Å²) in [6.07, 6.45) is -5.47. The van der Waals surface area contributed by atoms with Gasteiger partial charge in [-0.05, 0) is 42.3 Å². The second-order valence-corrected chi connectivity index (χ2v) is 7.44. The van der Waals surface area contributed by atoms with Crippen LogP contribution in [0.4, 0.5) is 26.3 Å². The van der Waals surface area contributed by atoms with Gasteiger partial charge in [-0.3, -0.25) is 9.36 Å². The van der Waals surface area contributed by atoms with Crippen molar-refractivity contribution >= 4 is 17.6 Å². The van der Waals surface area contributed by atoms with Crippen molar-refractivity contribution in [1.29, 1.82) is 0 Å². The molecule has 0 saturated carbocycles. The Kier molecular flexibility index (Phi) is 7.46. The van der Waals surface area contributed by atoms with Gasteiger partial charge in [0.15, 0.2) is 16.5 Å². The van der Waals surface area contributed by atoms with Crippen LogP contribution in [0.2, 0.25) is 5.02 Å². The largest absolute Gasteiger partial charge is 0.491 e.